The molecule has 0 saturated carbocycles. The summed E-state index contributed by atoms with van der Waals surface area (Å²) in [6, 6.07) is 2.66. The number of halogens is 1. The number of nitrogens with one attached hydrogen (secondary N) is 1. The molecule has 0 radical (unpaired) electrons. The molecule has 8 heteroatoms. The van der Waals surface area contributed by atoms with Crippen LogP contribution in [0, 0.1) is 15.9 Å². The van der Waals surface area contributed by atoms with E-state index in [0.717, 1.165) is 18.2 Å². The van der Waals surface area contributed by atoms with Crippen LogP contribution < -0.4 is 5.32 Å². The minimum absolute atomic E-state index is 0.0735. The molecule has 7 nitrogen and oxygen atoms in total. The molecule has 0 fully saturated rings. The number of nitro benzene ring substituents is 1. The van der Waals surface area contributed by atoms with E-state index in [2.05, 4.69) is 5.32 Å². The summed E-state index contributed by atoms with van der Waals surface area (Å²) in [5.74, 6) is -2.32. The summed E-state index contributed by atoms with van der Waals surface area (Å²) in [4.78, 5) is 31.8. The predicted octanol–water partition coefficient (Wildman–Crippen LogP) is 2.11. The highest BCUT2D eigenvalue weighted by Gasteiger charge is 2.14. The summed E-state index contributed by atoms with van der Waals surface area (Å²) in [5, 5.41) is 21.5. The van der Waals surface area contributed by atoms with Crippen molar-refractivity contribution in [3.05, 3.63) is 39.7 Å². The molecule has 0 atom stereocenters. The predicted molar refractivity (Wildman–Crippen MR) is 71.5 cm³/mol. The highest BCUT2D eigenvalue weighted by molar-refractivity contribution is 5.94. The van der Waals surface area contributed by atoms with E-state index in [1.54, 1.807) is 0 Å². The van der Waals surface area contributed by atoms with Crippen molar-refractivity contribution in [2.75, 3.05) is 6.54 Å². The molecule has 0 unspecified atom stereocenters. The number of hydrogen-bond acceptors (Lipinski definition) is 4. The van der Waals surface area contributed by atoms with Gasteiger partial charge in [-0.15, -0.1) is 0 Å². The van der Waals surface area contributed by atoms with Crippen LogP contribution in [0.25, 0.3) is 0 Å². The van der Waals surface area contributed by atoms with Crippen molar-refractivity contribution in [3.63, 3.8) is 0 Å². The van der Waals surface area contributed by atoms with Crippen LogP contribution in [-0.4, -0.2) is 28.5 Å². The first-order valence-electron chi connectivity index (χ1n) is 6.35. The van der Waals surface area contributed by atoms with Gasteiger partial charge in [-0.25, -0.2) is 4.39 Å². The number of amides is 1. The van der Waals surface area contributed by atoms with Gasteiger partial charge in [-0.1, -0.05) is 6.42 Å². The van der Waals surface area contributed by atoms with E-state index >= 15 is 0 Å². The fraction of sp³-hybridized carbons (Fsp3) is 0.385. The second-order valence-electron chi connectivity index (χ2n) is 4.42. The molecule has 1 rings (SSSR count). The summed E-state index contributed by atoms with van der Waals surface area (Å²) >= 11 is 0. The normalized spacial score (nSPS) is 10.1. The van der Waals surface area contributed by atoms with Crippen molar-refractivity contribution < 1.29 is 24.0 Å². The zero-order valence-electron chi connectivity index (χ0n) is 11.2. The number of aliphatic carboxylic acids is 1. The number of nitrogens with zero attached hydrogens (tertiary/aromatic N) is 1. The number of carbonyl (C=O) groups excluding carboxylic acids is 1. The zero-order valence-corrected chi connectivity index (χ0v) is 11.2. The maximum Gasteiger partial charge on any atom is 0.303 e. The van der Waals surface area contributed by atoms with E-state index in [1.165, 1.54) is 0 Å². The van der Waals surface area contributed by atoms with E-state index in [9.17, 15) is 24.1 Å². The molecule has 114 valence electrons. The van der Waals surface area contributed by atoms with Crippen LogP contribution in [0.3, 0.4) is 0 Å². The fourth-order valence-electron chi connectivity index (χ4n) is 1.69. The molecule has 0 aliphatic carbocycles. The highest BCUT2D eigenvalue weighted by atomic mass is 19.1. The third-order valence-electron chi connectivity index (χ3n) is 2.71. The van der Waals surface area contributed by atoms with Gasteiger partial charge in [-0.3, -0.25) is 19.7 Å². The molecular weight excluding hydrogens is 283 g/mol. The number of rotatable bonds is 8. The maximum atomic E-state index is 13.2. The van der Waals surface area contributed by atoms with E-state index in [4.69, 9.17) is 5.11 Å². The standard InChI is InChI=1S/C13H15FN2O5/c14-10-6-9(7-11(8-10)16(20)21)13(19)15-5-3-1-2-4-12(17)18/h6-8H,1-5H2,(H,15,19)(H,17,18). The molecule has 0 aliphatic rings. The molecule has 21 heavy (non-hydrogen) atoms. The van der Waals surface area contributed by atoms with Gasteiger partial charge in [0.15, 0.2) is 0 Å². The van der Waals surface area contributed by atoms with Crippen molar-refractivity contribution in [1.82, 2.24) is 5.32 Å². The van der Waals surface area contributed by atoms with Gasteiger partial charge >= 0.3 is 5.97 Å². The lowest BCUT2D eigenvalue weighted by Gasteiger charge is -2.05. The minimum Gasteiger partial charge on any atom is -0.481 e. The molecule has 0 aromatic heterocycles. The molecular formula is C13H15FN2O5. The second kappa shape index (κ2) is 7.93. The number of carboxylic acids is 1. The summed E-state index contributed by atoms with van der Waals surface area (Å²) in [7, 11) is 0. The Kier molecular flexibility index (Phi) is 6.25. The summed E-state index contributed by atoms with van der Waals surface area (Å²) < 4.78 is 13.2. The lowest BCUT2D eigenvalue weighted by molar-refractivity contribution is -0.385. The Bertz CT molecular complexity index is 547. The lowest BCUT2D eigenvalue weighted by Crippen LogP contribution is -2.24. The average Bonchev–Trinajstić information content (AvgIpc) is 2.41. The molecule has 1 aromatic rings. The summed E-state index contributed by atoms with van der Waals surface area (Å²) in [6.45, 7) is 0.294. The SMILES string of the molecule is O=C(O)CCCCCNC(=O)c1cc(F)cc([N+](=O)[O-])c1. The first-order chi connectivity index (χ1) is 9.90. The van der Waals surface area contributed by atoms with Crippen LogP contribution in [0.15, 0.2) is 18.2 Å². The Labute approximate surface area is 119 Å². The third-order valence-corrected chi connectivity index (χ3v) is 2.71. The molecule has 0 bridgehead atoms. The van der Waals surface area contributed by atoms with Crippen LogP contribution in [0.2, 0.25) is 0 Å². The van der Waals surface area contributed by atoms with Crippen molar-refractivity contribution in [3.8, 4) is 0 Å². The fourth-order valence-corrected chi connectivity index (χ4v) is 1.69. The van der Waals surface area contributed by atoms with Crippen molar-refractivity contribution in [1.29, 1.82) is 0 Å². The number of non-ortho nitro benzene ring substituents is 1. The Morgan fingerprint density at radius 1 is 1.24 bits per heavy atom. The number of nitro groups is 1. The van der Waals surface area contributed by atoms with E-state index in [1.807, 2.05) is 0 Å². The summed E-state index contributed by atoms with van der Waals surface area (Å²) in [6.07, 6.45) is 1.80. The first kappa shape index (κ1) is 16.5. The van der Waals surface area contributed by atoms with Crippen molar-refractivity contribution >= 4 is 17.6 Å². The molecule has 0 saturated heterocycles. The average molecular weight is 298 g/mol. The van der Waals surface area contributed by atoms with Gasteiger partial charge in [0, 0.05) is 24.6 Å². The molecule has 1 aromatic carbocycles. The van der Waals surface area contributed by atoms with Crippen molar-refractivity contribution in [2.24, 2.45) is 0 Å². The van der Waals surface area contributed by atoms with Crippen LogP contribution in [0.4, 0.5) is 10.1 Å². The number of carboxylic acid groups (broad SMARTS) is 1. The monoisotopic (exact) mass is 298 g/mol. The maximum absolute atomic E-state index is 13.2. The second-order valence-corrected chi connectivity index (χ2v) is 4.42. The lowest BCUT2D eigenvalue weighted by atomic mass is 10.1. The largest absolute Gasteiger partial charge is 0.481 e. The van der Waals surface area contributed by atoms with E-state index in [0.29, 0.717) is 25.8 Å². The van der Waals surface area contributed by atoms with Crippen LogP contribution in [0.1, 0.15) is 36.0 Å². The van der Waals surface area contributed by atoms with Gasteiger partial charge in [0.2, 0.25) is 0 Å². The molecule has 2 N–H and O–H groups in total. The smallest absolute Gasteiger partial charge is 0.303 e. The quantitative estimate of drug-likeness (QED) is 0.434. The van der Waals surface area contributed by atoms with Crippen LogP contribution in [0.5, 0.6) is 0 Å². The molecule has 0 heterocycles. The Hall–Kier alpha value is -2.51. The number of hydrogen-bond donors (Lipinski definition) is 2. The number of benzene rings is 1. The van der Waals surface area contributed by atoms with Crippen LogP contribution in [-0.2, 0) is 4.79 Å². The Morgan fingerprint density at radius 2 is 1.95 bits per heavy atom. The van der Waals surface area contributed by atoms with Gasteiger partial charge in [0.25, 0.3) is 11.6 Å². The van der Waals surface area contributed by atoms with E-state index < -0.39 is 28.3 Å². The number of carbonyl (C=O) groups is 2. The van der Waals surface area contributed by atoms with Crippen molar-refractivity contribution in [2.45, 2.75) is 25.7 Å². The van der Waals surface area contributed by atoms with E-state index in [-0.39, 0.29) is 12.0 Å². The van der Waals surface area contributed by atoms with Gasteiger partial charge in [-0.2, -0.15) is 0 Å². The molecule has 0 aliphatic heterocycles. The first-order valence-corrected chi connectivity index (χ1v) is 6.35. The molecule has 1 amide bonds. The molecule has 0 spiro atoms. The van der Waals surface area contributed by atoms with Gasteiger partial charge < -0.3 is 10.4 Å². The van der Waals surface area contributed by atoms with Gasteiger partial charge in [0.05, 0.1) is 11.0 Å². The van der Waals surface area contributed by atoms with Gasteiger partial charge in [-0.05, 0) is 18.9 Å². The number of unbranched alkanes of at least 4 members (excludes halogenated alkanes) is 2. The minimum atomic E-state index is -0.869. The van der Waals surface area contributed by atoms with Gasteiger partial charge in [0.1, 0.15) is 5.82 Å². The Balaban J connectivity index is 2.45. The Morgan fingerprint density at radius 3 is 2.57 bits per heavy atom. The highest BCUT2D eigenvalue weighted by Crippen LogP contribution is 2.16. The van der Waals surface area contributed by atoms with Crippen LogP contribution >= 0.6 is 0 Å². The topological polar surface area (TPSA) is 110 Å². The third kappa shape index (κ3) is 5.98. The summed E-state index contributed by atoms with van der Waals surface area (Å²) in [5.41, 5.74) is -0.603. The zero-order chi connectivity index (χ0) is 15.8.